The summed E-state index contributed by atoms with van der Waals surface area (Å²) in [6, 6.07) is 0. The Labute approximate surface area is 531 Å². The third-order valence-corrected chi connectivity index (χ3v) is 2.86. The summed E-state index contributed by atoms with van der Waals surface area (Å²) in [7, 11) is 0. The van der Waals surface area contributed by atoms with E-state index in [4.69, 9.17) is 0 Å². The van der Waals surface area contributed by atoms with Gasteiger partial charge in [0, 0.05) is 40.8 Å². The van der Waals surface area contributed by atoms with Gasteiger partial charge in [-0.05, 0) is 0 Å². The molecule has 0 aliphatic carbocycles. The second-order valence-corrected chi connectivity index (χ2v) is 9.86. The molecule has 0 aromatic heterocycles. The Balaban J connectivity index is -0.00000000926. The van der Waals surface area contributed by atoms with Crippen molar-refractivity contribution < 1.29 is 257 Å². The normalized spacial score (nSPS) is 5.83. The van der Waals surface area contributed by atoms with Gasteiger partial charge < -0.3 is 126 Å². The molecule has 0 unspecified atom stereocenters. The van der Waals surface area contributed by atoms with E-state index >= 15 is 0 Å². The van der Waals surface area contributed by atoms with E-state index in [9.17, 15) is 71.5 Å². The molecule has 72 heavy (non-hydrogen) atoms. The quantitative estimate of drug-likeness (QED) is 0.148. The standard InChI is InChI=1S/14C3H7O.4Nb.10O.2Re/c14*1-2-3-4;;;;;;;;;;;;;;;;/h14*2-3H2,1H3;;;;;;;;;;;;;;;;/q14*-1;4*+5;10*-2;;. The Kier molecular flexibility index (Phi) is 1150. The zero-order valence-electron chi connectivity index (χ0n) is 46.1. The molecule has 0 aliphatic heterocycles. The van der Waals surface area contributed by atoms with Crippen LogP contribution in [0.5, 0.6) is 0 Å². The van der Waals surface area contributed by atoms with Gasteiger partial charge in [-0.2, -0.15) is 0 Å². The van der Waals surface area contributed by atoms with Crippen molar-refractivity contribution in [1.82, 2.24) is 0 Å². The molecule has 0 atom stereocenters. The van der Waals surface area contributed by atoms with Gasteiger partial charge >= 0.3 is 89.5 Å². The molecule has 30 heteroatoms. The number of rotatable bonds is 14. The molecule has 0 aromatic carbocycles. The minimum atomic E-state index is 0. The minimum Gasteiger partial charge on any atom is -2.00 e. The molecule has 458 valence electrons. The van der Waals surface area contributed by atoms with Gasteiger partial charge in [0.05, 0.1) is 0 Å². The van der Waals surface area contributed by atoms with Crippen molar-refractivity contribution in [3.8, 4) is 0 Å². The van der Waals surface area contributed by atoms with E-state index in [0.29, 0.717) is 0 Å². The summed E-state index contributed by atoms with van der Waals surface area (Å²) in [6.07, 6.45) is 10.7. The maximum atomic E-state index is 9.30. The summed E-state index contributed by atoms with van der Waals surface area (Å²) in [6.45, 7) is 27.1. The molecule has 0 aliphatic rings. The first-order valence-electron chi connectivity index (χ1n) is 20.9. The Hall–Kier alpha value is 3.33. The molecule has 0 bridgehead atoms. The third kappa shape index (κ3) is 1280. The molecule has 0 N–H and O–H groups in total. The Morgan fingerprint density at radius 2 is 0.153 bits per heavy atom. The van der Waals surface area contributed by atoms with E-state index in [1.54, 1.807) is 0 Å². The van der Waals surface area contributed by atoms with Crippen molar-refractivity contribution in [2.24, 2.45) is 0 Å². The molecule has 0 fully saturated rings. The Morgan fingerprint density at radius 1 is 0.139 bits per heavy atom. The molecule has 0 saturated heterocycles. The molecular formula is C42H98Nb4O24Re2-14. The van der Waals surface area contributed by atoms with Crippen molar-refractivity contribution >= 4 is 0 Å². The van der Waals surface area contributed by atoms with Crippen LogP contribution < -0.4 is 71.5 Å². The van der Waals surface area contributed by atoms with Crippen molar-refractivity contribution in [2.75, 3.05) is 92.5 Å². The van der Waals surface area contributed by atoms with Gasteiger partial charge in [0.25, 0.3) is 0 Å². The summed E-state index contributed by atoms with van der Waals surface area (Å²) in [5.74, 6) is 0. The van der Waals surface area contributed by atoms with Gasteiger partial charge in [-0.3, -0.25) is 0 Å². The van der Waals surface area contributed by atoms with Crippen molar-refractivity contribution in [3.63, 3.8) is 0 Å². The molecule has 0 aromatic rings. The second kappa shape index (κ2) is 407. The predicted octanol–water partition coefficient (Wildman–Crippen LogP) is -4.61. The predicted molar refractivity (Wildman–Crippen MR) is 219 cm³/mol. The van der Waals surface area contributed by atoms with Crippen LogP contribution in [-0.2, 0) is 185 Å². The summed E-state index contributed by atoms with van der Waals surface area (Å²) in [5, 5.41) is 130. The van der Waals surface area contributed by atoms with Gasteiger partial charge in [0.2, 0.25) is 0 Å². The molecular weight excluding hydrogens is 1630 g/mol. The first-order valence-corrected chi connectivity index (χ1v) is 20.9. The van der Waals surface area contributed by atoms with Gasteiger partial charge in [-0.25, -0.2) is 0 Å². The zero-order chi connectivity index (χ0) is 47.8. The van der Waals surface area contributed by atoms with Crippen LogP contribution in [-0.4, -0.2) is 92.5 Å². The molecule has 2 radical (unpaired) electrons. The number of hydrogen-bond donors (Lipinski definition) is 0. The molecule has 0 amide bonds. The van der Waals surface area contributed by atoms with E-state index in [1.807, 2.05) is 96.9 Å². The van der Waals surface area contributed by atoms with Crippen LogP contribution in [0.25, 0.3) is 0 Å². The maximum Gasteiger partial charge on any atom is 5.00 e. The molecule has 0 rings (SSSR count). The van der Waals surface area contributed by atoms with Crippen molar-refractivity contribution in [3.05, 3.63) is 0 Å². The second-order valence-electron chi connectivity index (χ2n) is 9.86. The number of hydrogen-bond acceptors (Lipinski definition) is 14. The maximum absolute atomic E-state index is 9.30. The van der Waals surface area contributed by atoms with Crippen LogP contribution in [0, 0.1) is 0 Å². The van der Waals surface area contributed by atoms with Crippen LogP contribution in [0.3, 0.4) is 0 Å². The van der Waals surface area contributed by atoms with E-state index < -0.39 is 0 Å². The first-order chi connectivity index (χ1) is 26.8. The fourth-order valence-corrected chi connectivity index (χ4v) is 0. The van der Waals surface area contributed by atoms with E-state index in [0.717, 1.165) is 89.9 Å². The monoisotopic (exact) mass is 1730 g/mol. The van der Waals surface area contributed by atoms with E-state index in [2.05, 4.69) is 0 Å². The van der Waals surface area contributed by atoms with Gasteiger partial charge in [-0.1, -0.05) is 187 Å². The largest absolute Gasteiger partial charge is 5.00 e. The fourth-order valence-electron chi connectivity index (χ4n) is 0. The third-order valence-electron chi connectivity index (χ3n) is 2.86. The Morgan fingerprint density at radius 3 is 0.153 bits per heavy atom. The smallest absolute Gasteiger partial charge is 2.00 e. The minimum absolute atomic E-state index is 0. The van der Waals surface area contributed by atoms with Gasteiger partial charge in [0.1, 0.15) is 0 Å². The van der Waals surface area contributed by atoms with E-state index in [-0.39, 0.29) is 278 Å². The summed E-state index contributed by atoms with van der Waals surface area (Å²) in [4.78, 5) is 0. The summed E-state index contributed by atoms with van der Waals surface area (Å²) >= 11 is 0. The SMILES string of the molecule is CCC[O-].CCC[O-].CCC[O-].CCC[O-].CCC[O-].CCC[O-].CCC[O-].CCC[O-].CCC[O-].CCC[O-].CCC[O-].CCC[O-].CCC[O-].CCC[O-].[Nb+5].[Nb+5].[Nb+5].[Nb+5].[O-2].[O-2].[O-2].[O-2].[O-2].[O-2].[O-2].[O-2].[O-2].[O-2].[Re].[Re]. The molecule has 0 heterocycles. The van der Waals surface area contributed by atoms with Crippen LogP contribution in [0.1, 0.15) is 187 Å². The Bertz CT molecular complexity index is 232. The first kappa shape index (κ1) is 203. The van der Waals surface area contributed by atoms with Crippen molar-refractivity contribution in [1.29, 1.82) is 0 Å². The average Bonchev–Trinajstić information content (AvgIpc) is 3.29. The molecule has 0 saturated carbocycles. The van der Waals surface area contributed by atoms with Gasteiger partial charge in [0.15, 0.2) is 0 Å². The topological polar surface area (TPSA) is 608 Å². The van der Waals surface area contributed by atoms with Crippen molar-refractivity contribution in [2.45, 2.75) is 187 Å². The van der Waals surface area contributed by atoms with Crippen LogP contribution in [0.4, 0.5) is 0 Å². The van der Waals surface area contributed by atoms with Crippen LogP contribution in [0.2, 0.25) is 0 Å². The van der Waals surface area contributed by atoms with Gasteiger partial charge in [-0.15, -0.1) is 92.5 Å². The zero-order valence-corrected chi connectivity index (χ0v) is 60.4. The molecule has 0 spiro atoms. The summed E-state index contributed by atoms with van der Waals surface area (Å²) < 4.78 is 0. The molecule has 24 nitrogen and oxygen atoms in total. The average molecular weight is 1730 g/mol. The van der Waals surface area contributed by atoms with E-state index in [1.165, 1.54) is 0 Å². The van der Waals surface area contributed by atoms with Crippen LogP contribution >= 0.6 is 0 Å². The summed E-state index contributed by atoms with van der Waals surface area (Å²) in [5.41, 5.74) is 0. The van der Waals surface area contributed by atoms with Crippen LogP contribution in [0.15, 0.2) is 0 Å². The fraction of sp³-hybridized carbons (Fsp3) is 1.00.